The Kier molecular flexibility index (Phi) is 5.66. The molecule has 0 saturated heterocycles. The molecule has 0 bridgehead atoms. The molecule has 0 heterocycles. The van der Waals surface area contributed by atoms with Gasteiger partial charge in [0.2, 0.25) is 0 Å². The van der Waals surface area contributed by atoms with Crippen molar-refractivity contribution in [3.8, 4) is 5.75 Å². The fourth-order valence-electron chi connectivity index (χ4n) is 2.95. The lowest BCUT2D eigenvalue weighted by molar-refractivity contribution is 0.242. The molecule has 0 radical (unpaired) electrons. The summed E-state index contributed by atoms with van der Waals surface area (Å²) in [7, 11) is 0. The number of nitrogens with two attached hydrogens (primary N) is 1. The predicted molar refractivity (Wildman–Crippen MR) is 85.8 cm³/mol. The first-order valence-corrected chi connectivity index (χ1v) is 7.86. The highest BCUT2D eigenvalue weighted by molar-refractivity contribution is 5.55. The van der Waals surface area contributed by atoms with Crippen molar-refractivity contribution in [2.24, 2.45) is 11.7 Å². The molecule has 0 atom stereocenters. The zero-order valence-corrected chi connectivity index (χ0v) is 12.8. The molecule has 1 aromatic rings. The van der Waals surface area contributed by atoms with Gasteiger partial charge in [0.25, 0.3) is 0 Å². The third kappa shape index (κ3) is 4.38. The lowest BCUT2D eigenvalue weighted by Crippen LogP contribution is -2.16. The van der Waals surface area contributed by atoms with Crippen LogP contribution in [0.3, 0.4) is 0 Å². The lowest BCUT2D eigenvalue weighted by Gasteiger charge is -2.24. The summed E-state index contributed by atoms with van der Waals surface area (Å²) in [5.74, 6) is 1.63. The molecule has 1 saturated carbocycles. The van der Waals surface area contributed by atoms with Crippen LogP contribution in [0.15, 0.2) is 29.8 Å². The van der Waals surface area contributed by atoms with Gasteiger partial charge in [-0.15, -0.1) is 0 Å². The van der Waals surface area contributed by atoms with Crippen molar-refractivity contribution in [1.82, 2.24) is 0 Å². The average molecular weight is 273 g/mol. The summed E-state index contributed by atoms with van der Waals surface area (Å²) in [6.07, 6.45) is 9.19. The van der Waals surface area contributed by atoms with Gasteiger partial charge in [0.15, 0.2) is 0 Å². The monoisotopic (exact) mass is 273 g/mol. The van der Waals surface area contributed by atoms with Gasteiger partial charge in [0.1, 0.15) is 5.75 Å². The zero-order valence-electron chi connectivity index (χ0n) is 12.8. The van der Waals surface area contributed by atoms with Gasteiger partial charge < -0.3 is 10.5 Å². The van der Waals surface area contributed by atoms with Gasteiger partial charge in [0.05, 0.1) is 6.10 Å². The van der Waals surface area contributed by atoms with Crippen molar-refractivity contribution >= 4 is 6.08 Å². The van der Waals surface area contributed by atoms with Crippen LogP contribution in [0.1, 0.15) is 51.5 Å². The van der Waals surface area contributed by atoms with Crippen LogP contribution in [0, 0.1) is 5.92 Å². The van der Waals surface area contributed by atoms with E-state index < -0.39 is 0 Å². The summed E-state index contributed by atoms with van der Waals surface area (Å²) in [5, 5.41) is 0. The van der Waals surface area contributed by atoms with Crippen LogP contribution in [0.4, 0.5) is 0 Å². The van der Waals surface area contributed by atoms with Gasteiger partial charge in [0, 0.05) is 6.54 Å². The summed E-state index contributed by atoms with van der Waals surface area (Å²) in [6.45, 7) is 4.77. The smallest absolute Gasteiger partial charge is 0.119 e. The maximum absolute atomic E-state index is 5.95. The first-order chi connectivity index (χ1) is 9.69. The van der Waals surface area contributed by atoms with E-state index in [-0.39, 0.29) is 6.10 Å². The van der Waals surface area contributed by atoms with E-state index in [2.05, 4.69) is 18.2 Å². The van der Waals surface area contributed by atoms with Crippen LogP contribution in [-0.4, -0.2) is 12.6 Å². The molecule has 1 aromatic carbocycles. The highest BCUT2D eigenvalue weighted by Crippen LogP contribution is 2.30. The van der Waals surface area contributed by atoms with Gasteiger partial charge >= 0.3 is 0 Å². The molecule has 0 amide bonds. The quantitative estimate of drug-likeness (QED) is 0.863. The molecule has 0 unspecified atom stereocenters. The SMILES string of the molecule is CC(C)Oc1ccc(/C=C(/CN)C2CCCCC2)cc1. The minimum atomic E-state index is 0.221. The molecule has 1 aliphatic rings. The highest BCUT2D eigenvalue weighted by Gasteiger charge is 2.16. The molecule has 1 fully saturated rings. The number of hydrogen-bond donors (Lipinski definition) is 1. The van der Waals surface area contributed by atoms with E-state index in [1.54, 1.807) is 0 Å². The van der Waals surface area contributed by atoms with E-state index in [1.807, 2.05) is 26.0 Å². The second kappa shape index (κ2) is 7.49. The van der Waals surface area contributed by atoms with E-state index in [9.17, 15) is 0 Å². The molecule has 0 aliphatic heterocycles. The standard InChI is InChI=1S/C18H27NO/c1-14(2)20-18-10-8-15(9-11-18)12-17(13-19)16-6-4-3-5-7-16/h8-12,14,16H,3-7,13,19H2,1-2H3/b17-12-. The average Bonchev–Trinajstić information content (AvgIpc) is 2.47. The van der Waals surface area contributed by atoms with Crippen molar-refractivity contribution in [2.75, 3.05) is 6.54 Å². The Labute approximate surface area is 123 Å². The van der Waals surface area contributed by atoms with E-state index in [0.29, 0.717) is 12.5 Å². The van der Waals surface area contributed by atoms with Crippen molar-refractivity contribution in [3.63, 3.8) is 0 Å². The van der Waals surface area contributed by atoms with Crippen molar-refractivity contribution in [3.05, 3.63) is 35.4 Å². The number of hydrogen-bond acceptors (Lipinski definition) is 2. The van der Waals surface area contributed by atoms with Gasteiger partial charge in [-0.3, -0.25) is 0 Å². The minimum absolute atomic E-state index is 0.221. The van der Waals surface area contributed by atoms with E-state index in [0.717, 1.165) is 5.75 Å². The van der Waals surface area contributed by atoms with E-state index >= 15 is 0 Å². The third-order valence-corrected chi connectivity index (χ3v) is 3.97. The van der Waals surface area contributed by atoms with E-state index in [4.69, 9.17) is 10.5 Å². The Morgan fingerprint density at radius 1 is 1.20 bits per heavy atom. The molecule has 2 nitrogen and oxygen atoms in total. The molecule has 20 heavy (non-hydrogen) atoms. The van der Waals surface area contributed by atoms with Crippen LogP contribution < -0.4 is 10.5 Å². The number of rotatable bonds is 5. The summed E-state index contributed by atoms with van der Waals surface area (Å²) in [5.41, 5.74) is 8.59. The van der Waals surface area contributed by atoms with Crippen molar-refractivity contribution in [2.45, 2.75) is 52.1 Å². The fraction of sp³-hybridized carbons (Fsp3) is 0.556. The maximum Gasteiger partial charge on any atom is 0.119 e. The molecular weight excluding hydrogens is 246 g/mol. The Bertz CT molecular complexity index is 427. The van der Waals surface area contributed by atoms with Gasteiger partial charge in [-0.2, -0.15) is 0 Å². The third-order valence-electron chi connectivity index (χ3n) is 3.97. The Morgan fingerprint density at radius 3 is 2.40 bits per heavy atom. The molecule has 2 N–H and O–H groups in total. The van der Waals surface area contributed by atoms with Crippen molar-refractivity contribution < 1.29 is 4.74 Å². The second-order valence-electron chi connectivity index (χ2n) is 5.99. The Morgan fingerprint density at radius 2 is 1.85 bits per heavy atom. The topological polar surface area (TPSA) is 35.2 Å². The number of benzene rings is 1. The normalized spacial score (nSPS) is 17.5. The first-order valence-electron chi connectivity index (χ1n) is 7.86. The molecule has 1 aliphatic carbocycles. The van der Waals surface area contributed by atoms with Gasteiger partial charge in [-0.1, -0.05) is 43.0 Å². The lowest BCUT2D eigenvalue weighted by atomic mass is 9.83. The second-order valence-corrected chi connectivity index (χ2v) is 5.99. The zero-order chi connectivity index (χ0) is 14.4. The number of ether oxygens (including phenoxy) is 1. The van der Waals surface area contributed by atoms with E-state index in [1.165, 1.54) is 43.2 Å². The van der Waals surface area contributed by atoms with Gasteiger partial charge in [-0.05, 0) is 50.3 Å². The fourth-order valence-corrected chi connectivity index (χ4v) is 2.95. The van der Waals surface area contributed by atoms with Crippen molar-refractivity contribution in [1.29, 1.82) is 0 Å². The largest absolute Gasteiger partial charge is 0.491 e. The molecular formula is C18H27NO. The molecule has 110 valence electrons. The molecule has 2 rings (SSSR count). The highest BCUT2D eigenvalue weighted by atomic mass is 16.5. The van der Waals surface area contributed by atoms with Crippen LogP contribution in [0.5, 0.6) is 5.75 Å². The maximum atomic E-state index is 5.95. The van der Waals surface area contributed by atoms with Crippen LogP contribution >= 0.6 is 0 Å². The summed E-state index contributed by atoms with van der Waals surface area (Å²) < 4.78 is 5.67. The van der Waals surface area contributed by atoms with Gasteiger partial charge in [-0.25, -0.2) is 0 Å². The summed E-state index contributed by atoms with van der Waals surface area (Å²) in [6, 6.07) is 8.33. The van der Waals surface area contributed by atoms with Crippen LogP contribution in [0.25, 0.3) is 6.08 Å². The summed E-state index contributed by atoms with van der Waals surface area (Å²) in [4.78, 5) is 0. The summed E-state index contributed by atoms with van der Waals surface area (Å²) >= 11 is 0. The molecule has 0 spiro atoms. The van der Waals surface area contributed by atoms with Crippen LogP contribution in [-0.2, 0) is 0 Å². The molecule has 0 aromatic heterocycles. The predicted octanol–water partition coefficient (Wildman–Crippen LogP) is 4.40. The first kappa shape index (κ1) is 15.1. The minimum Gasteiger partial charge on any atom is -0.491 e. The Balaban J connectivity index is 2.06. The van der Waals surface area contributed by atoms with Crippen LogP contribution in [0.2, 0.25) is 0 Å². The Hall–Kier alpha value is -1.28. The molecule has 2 heteroatoms.